The first-order valence-electron chi connectivity index (χ1n) is 5.86. The third-order valence-corrected chi connectivity index (χ3v) is 4.20. The van der Waals surface area contributed by atoms with Crippen LogP contribution in [0.5, 0.6) is 0 Å². The van der Waals surface area contributed by atoms with Gasteiger partial charge in [0.1, 0.15) is 0 Å². The topological polar surface area (TPSA) is 76.7 Å². The van der Waals surface area contributed by atoms with Gasteiger partial charge in [-0.3, -0.25) is 4.57 Å². The zero-order valence-electron chi connectivity index (χ0n) is 10.7. The molecular formula is C12H15BrN4OS. The molecule has 2 aromatic rings. The van der Waals surface area contributed by atoms with Crippen LogP contribution in [0.25, 0.3) is 0 Å². The van der Waals surface area contributed by atoms with E-state index >= 15 is 0 Å². The Morgan fingerprint density at radius 3 is 2.89 bits per heavy atom. The van der Waals surface area contributed by atoms with Gasteiger partial charge in [-0.2, -0.15) is 0 Å². The lowest BCUT2D eigenvalue weighted by Gasteiger charge is -2.10. The summed E-state index contributed by atoms with van der Waals surface area (Å²) in [5, 5.41) is 7.20. The van der Waals surface area contributed by atoms with Crippen molar-refractivity contribution in [1.29, 1.82) is 0 Å². The summed E-state index contributed by atoms with van der Waals surface area (Å²) in [6, 6.07) is 5.96. The highest BCUT2D eigenvalue weighted by atomic mass is 79.9. The molecule has 0 atom stereocenters. The predicted octanol–water partition coefficient (Wildman–Crippen LogP) is 2.52. The monoisotopic (exact) mass is 342 g/mol. The molecular weight excluding hydrogens is 328 g/mol. The SMILES string of the molecule is CC(C)n1c(Sc2cc(Br)ccc2CN)n[nH]c1=O. The van der Waals surface area contributed by atoms with Gasteiger partial charge in [-0.25, -0.2) is 9.89 Å². The van der Waals surface area contributed by atoms with Crippen molar-refractivity contribution in [3.05, 3.63) is 38.7 Å². The van der Waals surface area contributed by atoms with Gasteiger partial charge in [0, 0.05) is 22.0 Å². The Labute approximate surface area is 123 Å². The molecule has 0 saturated carbocycles. The summed E-state index contributed by atoms with van der Waals surface area (Å²) in [7, 11) is 0. The lowest BCUT2D eigenvalue weighted by atomic mass is 10.2. The molecule has 5 nitrogen and oxygen atoms in total. The number of nitrogens with two attached hydrogens (primary N) is 1. The van der Waals surface area contributed by atoms with Gasteiger partial charge in [0.25, 0.3) is 0 Å². The van der Waals surface area contributed by atoms with E-state index in [2.05, 4.69) is 26.1 Å². The molecule has 102 valence electrons. The third-order valence-electron chi connectivity index (χ3n) is 2.64. The number of rotatable bonds is 4. The van der Waals surface area contributed by atoms with Gasteiger partial charge < -0.3 is 5.73 Å². The second kappa shape index (κ2) is 5.94. The standard InChI is InChI=1S/C12H15BrN4OS/c1-7(2)17-11(18)15-16-12(17)19-10-5-9(13)4-3-8(10)6-14/h3-5,7H,6,14H2,1-2H3,(H,15,18). The molecule has 0 fully saturated rings. The number of nitrogens with one attached hydrogen (secondary N) is 1. The van der Waals surface area contributed by atoms with Crippen molar-refractivity contribution in [3.63, 3.8) is 0 Å². The highest BCUT2D eigenvalue weighted by Crippen LogP contribution is 2.31. The van der Waals surface area contributed by atoms with Crippen LogP contribution in [-0.2, 0) is 6.54 Å². The van der Waals surface area contributed by atoms with Crippen molar-refractivity contribution in [3.8, 4) is 0 Å². The summed E-state index contributed by atoms with van der Waals surface area (Å²) in [6.45, 7) is 4.35. The molecule has 0 saturated heterocycles. The first-order chi connectivity index (χ1) is 9.02. The molecule has 0 amide bonds. The molecule has 1 aromatic carbocycles. The smallest absolute Gasteiger partial charge is 0.326 e. The molecule has 7 heteroatoms. The van der Waals surface area contributed by atoms with Crippen LogP contribution in [0.2, 0.25) is 0 Å². The maximum absolute atomic E-state index is 11.7. The Hall–Kier alpha value is -1.05. The molecule has 0 spiro atoms. The fourth-order valence-electron chi connectivity index (χ4n) is 1.71. The number of halogens is 1. The van der Waals surface area contributed by atoms with Crippen LogP contribution in [-0.4, -0.2) is 14.8 Å². The number of nitrogens with zero attached hydrogens (tertiary/aromatic N) is 2. The van der Waals surface area contributed by atoms with E-state index in [-0.39, 0.29) is 11.7 Å². The average molecular weight is 343 g/mol. The van der Waals surface area contributed by atoms with Crippen LogP contribution in [0.3, 0.4) is 0 Å². The van der Waals surface area contributed by atoms with E-state index in [1.807, 2.05) is 32.0 Å². The van der Waals surface area contributed by atoms with Gasteiger partial charge in [0.05, 0.1) is 0 Å². The number of benzene rings is 1. The fourth-order valence-corrected chi connectivity index (χ4v) is 3.37. The van der Waals surface area contributed by atoms with Crippen molar-refractivity contribution in [2.24, 2.45) is 5.73 Å². The molecule has 2 rings (SSSR count). The third kappa shape index (κ3) is 3.10. The normalized spacial score (nSPS) is 11.2. The molecule has 1 aromatic heterocycles. The van der Waals surface area contributed by atoms with Crippen molar-refractivity contribution in [2.75, 3.05) is 0 Å². The van der Waals surface area contributed by atoms with Crippen LogP contribution in [0.1, 0.15) is 25.5 Å². The van der Waals surface area contributed by atoms with E-state index in [1.54, 1.807) is 4.57 Å². The minimum atomic E-state index is -0.193. The van der Waals surface area contributed by atoms with Crippen LogP contribution >= 0.6 is 27.7 Å². The van der Waals surface area contributed by atoms with Gasteiger partial charge in [-0.1, -0.05) is 22.0 Å². The average Bonchev–Trinajstić information content (AvgIpc) is 2.71. The van der Waals surface area contributed by atoms with E-state index in [0.29, 0.717) is 11.7 Å². The summed E-state index contributed by atoms with van der Waals surface area (Å²) in [5.74, 6) is 0. The summed E-state index contributed by atoms with van der Waals surface area (Å²) in [5.41, 5.74) is 6.57. The van der Waals surface area contributed by atoms with Gasteiger partial charge in [0.15, 0.2) is 5.16 Å². The molecule has 3 N–H and O–H groups in total. The van der Waals surface area contributed by atoms with Crippen LogP contribution in [0.4, 0.5) is 0 Å². The van der Waals surface area contributed by atoms with Crippen molar-refractivity contribution >= 4 is 27.7 Å². The number of hydrogen-bond acceptors (Lipinski definition) is 4. The van der Waals surface area contributed by atoms with Gasteiger partial charge in [0.2, 0.25) is 0 Å². The lowest BCUT2D eigenvalue weighted by molar-refractivity contribution is 0.534. The molecule has 0 aliphatic heterocycles. The summed E-state index contributed by atoms with van der Waals surface area (Å²) in [4.78, 5) is 12.7. The van der Waals surface area contributed by atoms with E-state index in [9.17, 15) is 4.79 Å². The Balaban J connectivity index is 2.41. The molecule has 0 aliphatic carbocycles. The molecule has 19 heavy (non-hydrogen) atoms. The predicted molar refractivity (Wildman–Crippen MR) is 79.4 cm³/mol. The number of aromatic amines is 1. The quantitative estimate of drug-likeness (QED) is 0.894. The van der Waals surface area contributed by atoms with Crippen LogP contribution < -0.4 is 11.4 Å². The Morgan fingerprint density at radius 1 is 1.53 bits per heavy atom. The maximum Gasteiger partial charge on any atom is 0.344 e. The van der Waals surface area contributed by atoms with E-state index in [4.69, 9.17) is 5.73 Å². The second-order valence-corrected chi connectivity index (χ2v) is 6.26. The van der Waals surface area contributed by atoms with E-state index < -0.39 is 0 Å². The summed E-state index contributed by atoms with van der Waals surface area (Å²) < 4.78 is 2.60. The molecule has 0 bridgehead atoms. The van der Waals surface area contributed by atoms with Crippen LogP contribution in [0.15, 0.2) is 37.5 Å². The zero-order chi connectivity index (χ0) is 14.0. The van der Waals surface area contributed by atoms with Gasteiger partial charge >= 0.3 is 5.69 Å². The van der Waals surface area contributed by atoms with Crippen LogP contribution in [0, 0.1) is 0 Å². The number of aromatic nitrogens is 3. The van der Waals surface area contributed by atoms with Crippen molar-refractivity contribution < 1.29 is 0 Å². The summed E-state index contributed by atoms with van der Waals surface area (Å²) in [6.07, 6.45) is 0. The fraction of sp³-hybridized carbons (Fsp3) is 0.333. The van der Waals surface area contributed by atoms with Gasteiger partial charge in [-0.15, -0.1) is 5.10 Å². The molecule has 0 unspecified atom stereocenters. The highest BCUT2D eigenvalue weighted by molar-refractivity contribution is 9.10. The number of H-pyrrole nitrogens is 1. The first-order valence-corrected chi connectivity index (χ1v) is 7.47. The van der Waals surface area contributed by atoms with E-state index in [0.717, 1.165) is 14.9 Å². The maximum atomic E-state index is 11.7. The second-order valence-electron chi connectivity index (χ2n) is 4.33. The zero-order valence-corrected chi connectivity index (χ0v) is 13.1. The molecule has 0 radical (unpaired) electrons. The van der Waals surface area contributed by atoms with Crippen molar-refractivity contribution in [2.45, 2.75) is 36.5 Å². The molecule has 0 aliphatic rings. The van der Waals surface area contributed by atoms with Gasteiger partial charge in [-0.05, 0) is 43.3 Å². The largest absolute Gasteiger partial charge is 0.344 e. The molecule has 1 heterocycles. The van der Waals surface area contributed by atoms with Crippen molar-refractivity contribution in [1.82, 2.24) is 14.8 Å². The lowest BCUT2D eigenvalue weighted by Crippen LogP contribution is -2.19. The first kappa shape index (κ1) is 14.4. The Kier molecular flexibility index (Phi) is 4.49. The highest BCUT2D eigenvalue weighted by Gasteiger charge is 2.14. The minimum Gasteiger partial charge on any atom is -0.326 e. The Morgan fingerprint density at radius 2 is 2.26 bits per heavy atom. The van der Waals surface area contributed by atoms with E-state index in [1.165, 1.54) is 11.8 Å². The minimum absolute atomic E-state index is 0.0576. The Bertz CT molecular complexity index is 635. The number of hydrogen-bond donors (Lipinski definition) is 2. The summed E-state index contributed by atoms with van der Waals surface area (Å²) >= 11 is 4.88.